The summed E-state index contributed by atoms with van der Waals surface area (Å²) in [6.07, 6.45) is 7.54. The van der Waals surface area contributed by atoms with Crippen molar-refractivity contribution in [3.05, 3.63) is 0 Å². The van der Waals surface area contributed by atoms with Crippen molar-refractivity contribution in [2.24, 2.45) is 11.3 Å². The molecule has 1 rings (SSSR count). The minimum absolute atomic E-state index is 0.0314. The molecule has 0 aromatic rings. The third kappa shape index (κ3) is 4.88. The predicted octanol–water partition coefficient (Wildman–Crippen LogP) is 2.69. The zero-order valence-electron chi connectivity index (χ0n) is 11.3. The smallest absolute Gasteiger partial charge is 0.220 e. The summed E-state index contributed by atoms with van der Waals surface area (Å²) < 4.78 is 0. The summed E-state index contributed by atoms with van der Waals surface area (Å²) in [5, 5.41) is 2.85. The van der Waals surface area contributed by atoms with E-state index in [9.17, 15) is 9.59 Å². The lowest BCUT2D eigenvalue weighted by Gasteiger charge is -2.28. The maximum atomic E-state index is 11.9. The van der Waals surface area contributed by atoms with Crippen LogP contribution in [0.4, 0.5) is 0 Å². The molecule has 1 atom stereocenters. The van der Waals surface area contributed by atoms with Gasteiger partial charge in [-0.1, -0.05) is 40.0 Å². The molecule has 1 unspecified atom stereocenters. The number of aldehydes is 1. The molecule has 0 aromatic carbocycles. The highest BCUT2D eigenvalue weighted by Gasteiger charge is 2.26. The van der Waals surface area contributed by atoms with Gasteiger partial charge in [-0.3, -0.25) is 4.79 Å². The van der Waals surface area contributed by atoms with Gasteiger partial charge in [0.05, 0.1) is 6.04 Å². The van der Waals surface area contributed by atoms with E-state index in [1.54, 1.807) is 0 Å². The first-order chi connectivity index (χ1) is 7.93. The Morgan fingerprint density at radius 2 is 1.88 bits per heavy atom. The average Bonchev–Trinajstić information content (AvgIpc) is 2.25. The van der Waals surface area contributed by atoms with Crippen molar-refractivity contribution in [3.63, 3.8) is 0 Å². The third-order valence-electron chi connectivity index (χ3n) is 3.58. The predicted molar refractivity (Wildman–Crippen MR) is 68.6 cm³/mol. The molecular formula is C14H25NO2. The summed E-state index contributed by atoms with van der Waals surface area (Å²) in [6.45, 7) is 5.90. The standard InChI is InChI=1S/C14H25NO2/c1-14(2,3)12(10-16)15-13(17)9-11-7-5-4-6-8-11/h10-12H,4-9H2,1-3H3,(H,15,17). The zero-order chi connectivity index (χ0) is 12.9. The summed E-state index contributed by atoms with van der Waals surface area (Å²) >= 11 is 0. The molecule has 3 heteroatoms. The second-order valence-electron chi connectivity index (χ2n) is 6.26. The van der Waals surface area contributed by atoms with E-state index in [1.165, 1.54) is 19.3 Å². The van der Waals surface area contributed by atoms with E-state index in [4.69, 9.17) is 0 Å². The van der Waals surface area contributed by atoms with Crippen molar-refractivity contribution >= 4 is 12.2 Å². The van der Waals surface area contributed by atoms with Gasteiger partial charge in [-0.05, 0) is 24.2 Å². The molecule has 1 aliphatic carbocycles. The quantitative estimate of drug-likeness (QED) is 0.767. The van der Waals surface area contributed by atoms with E-state index in [0.717, 1.165) is 19.1 Å². The van der Waals surface area contributed by atoms with Crippen LogP contribution in [0.25, 0.3) is 0 Å². The van der Waals surface area contributed by atoms with Crippen LogP contribution in [0.5, 0.6) is 0 Å². The molecule has 0 radical (unpaired) electrons. The van der Waals surface area contributed by atoms with E-state index in [0.29, 0.717) is 12.3 Å². The Bertz CT molecular complexity index is 262. The lowest BCUT2D eigenvalue weighted by molar-refractivity contribution is -0.126. The molecule has 1 fully saturated rings. The lowest BCUT2D eigenvalue weighted by atomic mass is 9.85. The summed E-state index contributed by atoms with van der Waals surface area (Å²) in [5.41, 5.74) is -0.204. The molecule has 0 spiro atoms. The van der Waals surface area contributed by atoms with E-state index >= 15 is 0 Å². The average molecular weight is 239 g/mol. The Labute approximate surface area is 104 Å². The SMILES string of the molecule is CC(C)(C)C(C=O)NC(=O)CC1CCCCC1. The Kier molecular flexibility index (Phi) is 5.16. The second kappa shape index (κ2) is 6.18. The highest BCUT2D eigenvalue weighted by Crippen LogP contribution is 2.26. The van der Waals surface area contributed by atoms with Crippen molar-refractivity contribution in [1.82, 2.24) is 5.32 Å². The van der Waals surface area contributed by atoms with Gasteiger partial charge in [-0.25, -0.2) is 0 Å². The van der Waals surface area contributed by atoms with Crippen molar-refractivity contribution < 1.29 is 9.59 Å². The van der Waals surface area contributed by atoms with Gasteiger partial charge in [-0.2, -0.15) is 0 Å². The topological polar surface area (TPSA) is 46.2 Å². The van der Waals surface area contributed by atoms with Crippen LogP contribution in [0.15, 0.2) is 0 Å². The van der Waals surface area contributed by atoms with Gasteiger partial charge >= 0.3 is 0 Å². The molecule has 98 valence electrons. The molecule has 1 saturated carbocycles. The van der Waals surface area contributed by atoms with Gasteiger partial charge in [-0.15, -0.1) is 0 Å². The number of carbonyl (C=O) groups is 2. The largest absolute Gasteiger partial charge is 0.346 e. The molecule has 17 heavy (non-hydrogen) atoms. The molecule has 1 N–H and O–H groups in total. The molecule has 1 aliphatic rings. The molecule has 0 saturated heterocycles. The monoisotopic (exact) mass is 239 g/mol. The van der Waals surface area contributed by atoms with Gasteiger partial charge < -0.3 is 10.1 Å². The fraction of sp³-hybridized carbons (Fsp3) is 0.857. The van der Waals surface area contributed by atoms with Crippen LogP contribution < -0.4 is 5.32 Å². The number of nitrogens with one attached hydrogen (secondary N) is 1. The van der Waals surface area contributed by atoms with Gasteiger partial charge in [0, 0.05) is 6.42 Å². The molecule has 0 aromatic heterocycles. The van der Waals surface area contributed by atoms with Gasteiger partial charge in [0.15, 0.2) is 0 Å². The van der Waals surface area contributed by atoms with Crippen LogP contribution in [-0.4, -0.2) is 18.2 Å². The van der Waals surface area contributed by atoms with Crippen LogP contribution in [0, 0.1) is 11.3 Å². The molecule has 1 amide bonds. The fourth-order valence-corrected chi connectivity index (χ4v) is 2.34. The second-order valence-corrected chi connectivity index (χ2v) is 6.26. The lowest BCUT2D eigenvalue weighted by Crippen LogP contribution is -2.45. The number of hydrogen-bond acceptors (Lipinski definition) is 2. The maximum absolute atomic E-state index is 11.9. The van der Waals surface area contributed by atoms with E-state index in [1.807, 2.05) is 20.8 Å². The van der Waals surface area contributed by atoms with Crippen LogP contribution in [0.2, 0.25) is 0 Å². The van der Waals surface area contributed by atoms with Crippen LogP contribution in [0.3, 0.4) is 0 Å². The van der Waals surface area contributed by atoms with Crippen LogP contribution in [0.1, 0.15) is 59.3 Å². The van der Waals surface area contributed by atoms with Gasteiger partial charge in [0.2, 0.25) is 5.91 Å². The molecule has 0 bridgehead atoms. The minimum atomic E-state index is -0.376. The van der Waals surface area contributed by atoms with E-state index in [-0.39, 0.29) is 17.4 Å². The first-order valence-corrected chi connectivity index (χ1v) is 6.68. The van der Waals surface area contributed by atoms with Crippen LogP contribution >= 0.6 is 0 Å². The molecular weight excluding hydrogens is 214 g/mol. The molecule has 3 nitrogen and oxygen atoms in total. The zero-order valence-corrected chi connectivity index (χ0v) is 11.3. The Balaban J connectivity index is 2.39. The summed E-state index contributed by atoms with van der Waals surface area (Å²) in [4.78, 5) is 22.8. The third-order valence-corrected chi connectivity index (χ3v) is 3.58. The molecule has 0 aliphatic heterocycles. The minimum Gasteiger partial charge on any atom is -0.346 e. The number of rotatable bonds is 4. The maximum Gasteiger partial charge on any atom is 0.220 e. The summed E-state index contributed by atoms with van der Waals surface area (Å²) in [6, 6.07) is -0.376. The first-order valence-electron chi connectivity index (χ1n) is 6.68. The van der Waals surface area contributed by atoms with E-state index in [2.05, 4.69) is 5.32 Å². The fourth-order valence-electron chi connectivity index (χ4n) is 2.34. The summed E-state index contributed by atoms with van der Waals surface area (Å²) in [7, 11) is 0. The summed E-state index contributed by atoms with van der Waals surface area (Å²) in [5.74, 6) is 0.556. The van der Waals surface area contributed by atoms with Crippen molar-refractivity contribution in [1.29, 1.82) is 0 Å². The highest BCUT2D eigenvalue weighted by molar-refractivity contribution is 5.80. The van der Waals surface area contributed by atoms with Gasteiger partial charge in [0.25, 0.3) is 0 Å². The number of carbonyl (C=O) groups excluding carboxylic acids is 2. The van der Waals surface area contributed by atoms with Crippen molar-refractivity contribution in [2.75, 3.05) is 0 Å². The van der Waals surface area contributed by atoms with Crippen molar-refractivity contribution in [3.8, 4) is 0 Å². The van der Waals surface area contributed by atoms with Crippen LogP contribution in [-0.2, 0) is 9.59 Å². The molecule has 0 heterocycles. The first kappa shape index (κ1) is 14.2. The highest BCUT2D eigenvalue weighted by atomic mass is 16.2. The Hall–Kier alpha value is -0.860. The Morgan fingerprint density at radius 1 is 1.29 bits per heavy atom. The normalized spacial score (nSPS) is 19.7. The van der Waals surface area contributed by atoms with Crippen molar-refractivity contribution in [2.45, 2.75) is 65.3 Å². The Morgan fingerprint density at radius 3 is 2.35 bits per heavy atom. The van der Waals surface area contributed by atoms with E-state index < -0.39 is 0 Å². The number of hydrogen-bond donors (Lipinski definition) is 1. The number of amides is 1. The van der Waals surface area contributed by atoms with Gasteiger partial charge in [0.1, 0.15) is 6.29 Å².